The molecule has 2 nitrogen and oxygen atoms in total. The molecule has 0 radical (unpaired) electrons. The Morgan fingerprint density at radius 2 is 1.95 bits per heavy atom. The van der Waals surface area contributed by atoms with Crippen LogP contribution in [0.2, 0.25) is 0 Å². The van der Waals surface area contributed by atoms with Crippen LogP contribution in [0.5, 0.6) is 5.75 Å². The first-order chi connectivity index (χ1) is 9.04. The Labute approximate surface area is 124 Å². The molecule has 3 unspecified atom stereocenters. The fraction of sp³-hybridized carbons (Fsp3) is 0.600. The zero-order valence-electron chi connectivity index (χ0n) is 12.0. The Morgan fingerprint density at radius 1 is 1.26 bits per heavy atom. The average Bonchev–Trinajstić information content (AvgIpc) is 2.37. The van der Waals surface area contributed by atoms with E-state index in [1.807, 2.05) is 29.6 Å². The van der Waals surface area contributed by atoms with Crippen molar-refractivity contribution >= 4 is 23.5 Å². The Balaban J connectivity index is 2.34. The van der Waals surface area contributed by atoms with Crippen LogP contribution in [-0.4, -0.2) is 34.2 Å². The topological polar surface area (TPSA) is 29.5 Å². The van der Waals surface area contributed by atoms with E-state index in [9.17, 15) is 5.11 Å². The fourth-order valence-electron chi connectivity index (χ4n) is 2.65. The molecule has 1 N–H and O–H groups in total. The molecule has 2 rings (SSSR count). The average molecular weight is 298 g/mol. The van der Waals surface area contributed by atoms with Gasteiger partial charge in [-0.05, 0) is 31.0 Å². The Bertz CT molecular complexity index is 448. The van der Waals surface area contributed by atoms with E-state index in [0.29, 0.717) is 5.25 Å². The van der Waals surface area contributed by atoms with E-state index in [4.69, 9.17) is 4.74 Å². The van der Waals surface area contributed by atoms with Crippen molar-refractivity contribution in [1.82, 2.24) is 0 Å². The highest BCUT2D eigenvalue weighted by Crippen LogP contribution is 2.42. The van der Waals surface area contributed by atoms with Gasteiger partial charge < -0.3 is 9.84 Å². The van der Waals surface area contributed by atoms with E-state index in [1.54, 1.807) is 7.11 Å². The highest BCUT2D eigenvalue weighted by Gasteiger charge is 2.32. The highest BCUT2D eigenvalue weighted by atomic mass is 32.2. The van der Waals surface area contributed by atoms with Gasteiger partial charge in [-0.1, -0.05) is 13.0 Å². The first kappa shape index (κ1) is 15.1. The van der Waals surface area contributed by atoms with Crippen LogP contribution in [0.1, 0.15) is 29.7 Å². The van der Waals surface area contributed by atoms with Gasteiger partial charge in [0.05, 0.1) is 13.2 Å². The van der Waals surface area contributed by atoms with E-state index in [2.05, 4.69) is 26.8 Å². The zero-order valence-corrected chi connectivity index (χ0v) is 13.6. The number of hydrogen-bond donors (Lipinski definition) is 1. The number of ether oxygens (including phenoxy) is 1. The van der Waals surface area contributed by atoms with E-state index in [-0.39, 0.29) is 5.25 Å². The largest absolute Gasteiger partial charge is 0.496 e. The van der Waals surface area contributed by atoms with Crippen molar-refractivity contribution in [2.24, 2.45) is 0 Å². The molecular formula is C15H22O2S2. The molecule has 0 amide bonds. The van der Waals surface area contributed by atoms with Crippen LogP contribution in [0.3, 0.4) is 0 Å². The third kappa shape index (κ3) is 3.23. The van der Waals surface area contributed by atoms with Gasteiger partial charge in [-0.3, -0.25) is 0 Å². The molecular weight excluding hydrogens is 276 g/mol. The van der Waals surface area contributed by atoms with Gasteiger partial charge in [0, 0.05) is 27.6 Å². The highest BCUT2D eigenvalue weighted by molar-refractivity contribution is 8.07. The number of thioether (sulfide) groups is 2. The van der Waals surface area contributed by atoms with Crippen molar-refractivity contribution in [3.63, 3.8) is 0 Å². The smallest absolute Gasteiger partial charge is 0.125 e. The molecule has 0 aliphatic carbocycles. The van der Waals surface area contributed by atoms with Gasteiger partial charge in [0.2, 0.25) is 0 Å². The second kappa shape index (κ2) is 6.42. The van der Waals surface area contributed by atoms with Gasteiger partial charge >= 0.3 is 0 Å². The Kier molecular flexibility index (Phi) is 5.09. The maximum absolute atomic E-state index is 10.8. The van der Waals surface area contributed by atoms with Crippen LogP contribution in [-0.2, 0) is 0 Å². The summed E-state index contributed by atoms with van der Waals surface area (Å²) in [6.07, 6.45) is -0.455. The fourth-order valence-corrected chi connectivity index (χ4v) is 5.46. The minimum Gasteiger partial charge on any atom is -0.496 e. The summed E-state index contributed by atoms with van der Waals surface area (Å²) in [5.74, 6) is 3.11. The molecule has 1 saturated heterocycles. The molecule has 3 atom stereocenters. The van der Waals surface area contributed by atoms with Gasteiger partial charge in [-0.25, -0.2) is 0 Å². The molecule has 19 heavy (non-hydrogen) atoms. The van der Waals surface area contributed by atoms with E-state index in [1.165, 1.54) is 11.3 Å². The molecule has 1 aliphatic heterocycles. The third-order valence-electron chi connectivity index (χ3n) is 3.56. The van der Waals surface area contributed by atoms with Crippen molar-refractivity contribution in [2.75, 3.05) is 18.6 Å². The van der Waals surface area contributed by atoms with Crippen LogP contribution < -0.4 is 4.74 Å². The van der Waals surface area contributed by atoms with E-state index >= 15 is 0 Å². The molecule has 1 fully saturated rings. The summed E-state index contributed by atoms with van der Waals surface area (Å²) in [4.78, 5) is 0. The predicted molar refractivity (Wildman–Crippen MR) is 85.6 cm³/mol. The predicted octanol–water partition coefficient (Wildman–Crippen LogP) is 3.58. The molecule has 1 heterocycles. The number of methoxy groups -OCH3 is 1. The van der Waals surface area contributed by atoms with Crippen molar-refractivity contribution < 1.29 is 9.84 Å². The summed E-state index contributed by atoms with van der Waals surface area (Å²) in [7, 11) is 1.68. The van der Waals surface area contributed by atoms with Gasteiger partial charge in [0.15, 0.2) is 0 Å². The quantitative estimate of drug-likeness (QED) is 0.923. The minimum atomic E-state index is -0.455. The lowest BCUT2D eigenvalue weighted by Gasteiger charge is -2.33. The van der Waals surface area contributed by atoms with Crippen LogP contribution in [0, 0.1) is 13.8 Å². The van der Waals surface area contributed by atoms with E-state index in [0.717, 1.165) is 22.6 Å². The lowest BCUT2D eigenvalue weighted by atomic mass is 9.96. The zero-order chi connectivity index (χ0) is 14.0. The Morgan fingerprint density at radius 3 is 2.58 bits per heavy atom. The minimum absolute atomic E-state index is 0.244. The first-order valence-electron chi connectivity index (χ1n) is 6.61. The Hall–Kier alpha value is -0.320. The summed E-state index contributed by atoms with van der Waals surface area (Å²) in [5.41, 5.74) is 3.25. The molecule has 0 saturated carbocycles. The summed E-state index contributed by atoms with van der Waals surface area (Å²) in [6, 6.07) is 4.13. The standard InChI is InChI=1S/C15H22O2S2/c1-9-7-10(2)13(12(8-9)17-4)14(16)15-11(3)18-5-6-19-15/h7-8,11,14-16H,5-6H2,1-4H3. The van der Waals surface area contributed by atoms with Gasteiger partial charge in [0.25, 0.3) is 0 Å². The van der Waals surface area contributed by atoms with Crippen LogP contribution in [0.25, 0.3) is 0 Å². The van der Waals surface area contributed by atoms with Crippen molar-refractivity contribution in [1.29, 1.82) is 0 Å². The molecule has 106 valence electrons. The molecule has 0 aromatic heterocycles. The van der Waals surface area contributed by atoms with Crippen molar-refractivity contribution in [3.8, 4) is 5.75 Å². The SMILES string of the molecule is COc1cc(C)cc(C)c1C(O)C1SCCSC1C. The number of benzene rings is 1. The number of hydrogen-bond acceptors (Lipinski definition) is 4. The third-order valence-corrected chi connectivity index (χ3v) is 6.74. The van der Waals surface area contributed by atoms with E-state index < -0.39 is 6.10 Å². The van der Waals surface area contributed by atoms with Gasteiger partial charge in [-0.2, -0.15) is 23.5 Å². The maximum atomic E-state index is 10.8. The number of aliphatic hydroxyl groups is 1. The van der Waals surface area contributed by atoms with Crippen LogP contribution >= 0.6 is 23.5 Å². The number of rotatable bonds is 3. The monoisotopic (exact) mass is 298 g/mol. The summed E-state index contributed by atoms with van der Waals surface area (Å²) in [6.45, 7) is 6.32. The number of aliphatic hydroxyl groups excluding tert-OH is 1. The molecule has 0 bridgehead atoms. The lowest BCUT2D eigenvalue weighted by molar-refractivity contribution is 0.169. The second-order valence-corrected chi connectivity index (χ2v) is 7.82. The lowest BCUT2D eigenvalue weighted by Crippen LogP contribution is -2.30. The van der Waals surface area contributed by atoms with Crippen LogP contribution in [0.4, 0.5) is 0 Å². The van der Waals surface area contributed by atoms with Gasteiger partial charge in [-0.15, -0.1) is 0 Å². The summed E-state index contributed by atoms with van der Waals surface area (Å²) < 4.78 is 5.48. The maximum Gasteiger partial charge on any atom is 0.125 e. The van der Waals surface area contributed by atoms with Gasteiger partial charge in [0.1, 0.15) is 5.75 Å². The van der Waals surface area contributed by atoms with Crippen LogP contribution in [0.15, 0.2) is 12.1 Å². The molecule has 1 aromatic rings. The summed E-state index contributed by atoms with van der Waals surface area (Å²) in [5, 5.41) is 11.5. The van der Waals surface area contributed by atoms with Crippen molar-refractivity contribution in [2.45, 2.75) is 37.4 Å². The molecule has 1 aliphatic rings. The molecule has 1 aromatic carbocycles. The molecule has 4 heteroatoms. The molecule has 0 spiro atoms. The number of aryl methyl sites for hydroxylation is 2. The normalized spacial score (nSPS) is 25.1. The first-order valence-corrected chi connectivity index (χ1v) is 8.70. The van der Waals surface area contributed by atoms with Crippen molar-refractivity contribution in [3.05, 3.63) is 28.8 Å². The second-order valence-electron chi connectivity index (χ2n) is 5.05. The summed E-state index contributed by atoms with van der Waals surface area (Å²) >= 11 is 3.83.